The number of rotatable bonds is 8. The Bertz CT molecular complexity index is 187. The van der Waals surface area contributed by atoms with Crippen molar-refractivity contribution in [2.24, 2.45) is 5.92 Å². The van der Waals surface area contributed by atoms with E-state index in [1.165, 1.54) is 32.1 Å². The van der Waals surface area contributed by atoms with E-state index in [0.717, 1.165) is 13.0 Å². The van der Waals surface area contributed by atoms with Crippen LogP contribution in [0.4, 0.5) is 0 Å². The Labute approximate surface area is 106 Å². The Morgan fingerprint density at radius 1 is 1.29 bits per heavy atom. The average Bonchev–Trinajstić information content (AvgIpc) is 2.37. The Morgan fingerprint density at radius 3 is 2.76 bits per heavy atom. The van der Waals surface area contributed by atoms with Crippen LogP contribution in [-0.4, -0.2) is 37.0 Å². The van der Waals surface area contributed by atoms with Crippen LogP contribution < -0.4 is 5.32 Å². The lowest BCUT2D eigenvalue weighted by molar-refractivity contribution is -0.0498. The van der Waals surface area contributed by atoms with Crippen molar-refractivity contribution in [3.63, 3.8) is 0 Å². The third-order valence-electron chi connectivity index (χ3n) is 3.67. The van der Waals surface area contributed by atoms with Gasteiger partial charge in [0.1, 0.15) is 0 Å². The van der Waals surface area contributed by atoms with Crippen molar-refractivity contribution in [2.75, 3.05) is 19.7 Å². The molecule has 1 rings (SSSR count). The zero-order chi connectivity index (χ0) is 12.5. The number of nitrogens with one attached hydrogen (secondary N) is 1. The number of hydrogen-bond acceptors (Lipinski definition) is 3. The van der Waals surface area contributed by atoms with Gasteiger partial charge in [-0.2, -0.15) is 0 Å². The number of aliphatic hydroxyl groups excluding tert-OH is 1. The van der Waals surface area contributed by atoms with Crippen LogP contribution in [0, 0.1) is 5.92 Å². The van der Waals surface area contributed by atoms with Gasteiger partial charge >= 0.3 is 0 Å². The zero-order valence-corrected chi connectivity index (χ0v) is 11.5. The molecule has 0 radical (unpaired) electrons. The molecule has 1 aliphatic carbocycles. The van der Waals surface area contributed by atoms with E-state index in [0.29, 0.717) is 25.2 Å². The van der Waals surface area contributed by atoms with Crippen molar-refractivity contribution < 1.29 is 9.84 Å². The molecule has 0 aromatic rings. The first-order valence-corrected chi connectivity index (χ1v) is 7.28. The van der Waals surface area contributed by atoms with Crippen LogP contribution >= 0.6 is 0 Å². The summed E-state index contributed by atoms with van der Waals surface area (Å²) >= 11 is 0. The van der Waals surface area contributed by atoms with Crippen molar-refractivity contribution in [1.29, 1.82) is 0 Å². The second kappa shape index (κ2) is 8.90. The predicted octanol–water partition coefficient (Wildman–Crippen LogP) is 2.33. The normalized spacial score (nSPS) is 27.0. The lowest BCUT2D eigenvalue weighted by atomic mass is 9.85. The molecule has 3 heteroatoms. The minimum Gasteiger partial charge on any atom is -0.389 e. The maximum atomic E-state index is 9.78. The first-order chi connectivity index (χ1) is 8.27. The summed E-state index contributed by atoms with van der Waals surface area (Å²) in [4.78, 5) is 0. The van der Waals surface area contributed by atoms with Crippen molar-refractivity contribution in [1.82, 2.24) is 5.32 Å². The van der Waals surface area contributed by atoms with Crippen molar-refractivity contribution in [3.8, 4) is 0 Å². The molecule has 0 spiro atoms. The van der Waals surface area contributed by atoms with E-state index >= 15 is 0 Å². The number of ether oxygens (including phenoxy) is 1. The molecule has 0 aromatic heterocycles. The summed E-state index contributed by atoms with van der Waals surface area (Å²) in [5.74, 6) is 0.708. The van der Waals surface area contributed by atoms with Crippen LogP contribution in [0.5, 0.6) is 0 Å². The van der Waals surface area contributed by atoms with Gasteiger partial charge < -0.3 is 15.2 Å². The average molecular weight is 243 g/mol. The fourth-order valence-electron chi connectivity index (χ4n) is 2.60. The van der Waals surface area contributed by atoms with Gasteiger partial charge in [0.2, 0.25) is 0 Å². The molecule has 1 saturated carbocycles. The van der Waals surface area contributed by atoms with E-state index in [1.807, 2.05) is 0 Å². The summed E-state index contributed by atoms with van der Waals surface area (Å²) in [7, 11) is 0. The zero-order valence-electron chi connectivity index (χ0n) is 11.5. The molecule has 0 aliphatic heterocycles. The Balaban J connectivity index is 2.14. The molecular formula is C14H29NO2. The van der Waals surface area contributed by atoms with E-state index in [-0.39, 0.29) is 6.10 Å². The second-order valence-corrected chi connectivity index (χ2v) is 5.18. The highest BCUT2D eigenvalue weighted by Crippen LogP contribution is 2.29. The molecule has 1 aliphatic rings. The van der Waals surface area contributed by atoms with Gasteiger partial charge in [-0.3, -0.25) is 0 Å². The van der Waals surface area contributed by atoms with E-state index in [4.69, 9.17) is 4.74 Å². The highest BCUT2D eigenvalue weighted by molar-refractivity contribution is 4.75. The van der Waals surface area contributed by atoms with Crippen LogP contribution in [0.15, 0.2) is 0 Å². The summed E-state index contributed by atoms with van der Waals surface area (Å²) in [6, 6.07) is 0. The lowest BCUT2D eigenvalue weighted by Crippen LogP contribution is -2.35. The molecule has 2 N–H and O–H groups in total. The Hall–Kier alpha value is -0.120. The van der Waals surface area contributed by atoms with E-state index in [9.17, 15) is 5.11 Å². The maximum absolute atomic E-state index is 9.78. The third kappa shape index (κ3) is 5.84. The maximum Gasteiger partial charge on any atom is 0.0897 e. The molecule has 0 bridgehead atoms. The summed E-state index contributed by atoms with van der Waals surface area (Å²) in [6.07, 6.45) is 7.43. The molecule has 0 amide bonds. The monoisotopic (exact) mass is 243 g/mol. The van der Waals surface area contributed by atoms with E-state index in [2.05, 4.69) is 19.2 Å². The standard InChI is InChI=1S/C14H29NO2/c1-3-9-15-10-13(16)11-17-14-8-6-5-7-12(14)4-2/h12-16H,3-11H2,1-2H3/t12-,13-,14+/m0/s1. The molecule has 1 fully saturated rings. The highest BCUT2D eigenvalue weighted by atomic mass is 16.5. The molecule has 102 valence electrons. The van der Waals surface area contributed by atoms with Crippen molar-refractivity contribution in [2.45, 2.75) is 64.6 Å². The fourth-order valence-corrected chi connectivity index (χ4v) is 2.60. The van der Waals surface area contributed by atoms with Gasteiger partial charge in [0.05, 0.1) is 18.8 Å². The van der Waals surface area contributed by atoms with Gasteiger partial charge in [0.15, 0.2) is 0 Å². The van der Waals surface area contributed by atoms with Gasteiger partial charge in [-0.05, 0) is 31.7 Å². The third-order valence-corrected chi connectivity index (χ3v) is 3.67. The van der Waals surface area contributed by atoms with Crippen molar-refractivity contribution in [3.05, 3.63) is 0 Å². The SMILES string of the molecule is CCCNC[C@H](O)CO[C@@H]1CCCC[C@@H]1CC. The Kier molecular flexibility index (Phi) is 7.82. The van der Waals surface area contributed by atoms with Gasteiger partial charge in [0, 0.05) is 6.54 Å². The largest absolute Gasteiger partial charge is 0.389 e. The molecular weight excluding hydrogens is 214 g/mol. The second-order valence-electron chi connectivity index (χ2n) is 5.18. The summed E-state index contributed by atoms with van der Waals surface area (Å²) in [6.45, 7) is 6.47. The van der Waals surface area contributed by atoms with Gasteiger partial charge in [-0.15, -0.1) is 0 Å². The van der Waals surface area contributed by atoms with Gasteiger partial charge in [0.25, 0.3) is 0 Å². The van der Waals surface area contributed by atoms with Crippen LogP contribution in [0.1, 0.15) is 52.4 Å². The molecule has 0 aromatic carbocycles. The fraction of sp³-hybridized carbons (Fsp3) is 1.00. The topological polar surface area (TPSA) is 41.5 Å². The lowest BCUT2D eigenvalue weighted by Gasteiger charge is -2.31. The first kappa shape index (κ1) is 14.9. The van der Waals surface area contributed by atoms with Crippen molar-refractivity contribution >= 4 is 0 Å². The van der Waals surface area contributed by atoms with E-state index in [1.54, 1.807) is 0 Å². The quantitative estimate of drug-likeness (QED) is 0.643. The molecule has 3 nitrogen and oxygen atoms in total. The van der Waals surface area contributed by atoms with Crippen LogP contribution in [-0.2, 0) is 4.74 Å². The van der Waals surface area contributed by atoms with Crippen LogP contribution in [0.3, 0.4) is 0 Å². The van der Waals surface area contributed by atoms with Gasteiger partial charge in [-0.25, -0.2) is 0 Å². The summed E-state index contributed by atoms with van der Waals surface area (Å²) in [5.41, 5.74) is 0. The Morgan fingerprint density at radius 2 is 2.06 bits per heavy atom. The number of hydrogen-bond donors (Lipinski definition) is 2. The minimum atomic E-state index is -0.360. The first-order valence-electron chi connectivity index (χ1n) is 7.28. The molecule has 3 atom stereocenters. The van der Waals surface area contributed by atoms with Crippen LogP contribution in [0.2, 0.25) is 0 Å². The smallest absolute Gasteiger partial charge is 0.0897 e. The highest BCUT2D eigenvalue weighted by Gasteiger charge is 2.24. The van der Waals surface area contributed by atoms with Gasteiger partial charge in [-0.1, -0.05) is 33.1 Å². The predicted molar refractivity (Wildman–Crippen MR) is 71.2 cm³/mol. The minimum absolute atomic E-state index is 0.360. The summed E-state index contributed by atoms with van der Waals surface area (Å²) < 4.78 is 5.89. The molecule has 17 heavy (non-hydrogen) atoms. The molecule has 0 unspecified atom stereocenters. The van der Waals surface area contributed by atoms with E-state index < -0.39 is 0 Å². The summed E-state index contributed by atoms with van der Waals surface area (Å²) in [5, 5.41) is 13.0. The van der Waals surface area contributed by atoms with Crippen LogP contribution in [0.25, 0.3) is 0 Å². The molecule has 0 saturated heterocycles. The number of aliphatic hydroxyl groups is 1. The molecule has 0 heterocycles.